The van der Waals surface area contributed by atoms with Gasteiger partial charge < -0.3 is 14.8 Å². The van der Waals surface area contributed by atoms with Crippen molar-refractivity contribution in [1.82, 2.24) is 4.72 Å². The zero-order chi connectivity index (χ0) is 20.0. The van der Waals surface area contributed by atoms with E-state index in [-0.39, 0.29) is 16.8 Å². The van der Waals surface area contributed by atoms with Crippen LogP contribution in [-0.4, -0.2) is 34.1 Å². The zero-order valence-electron chi connectivity index (χ0n) is 15.8. The van der Waals surface area contributed by atoms with E-state index in [0.29, 0.717) is 29.4 Å². The summed E-state index contributed by atoms with van der Waals surface area (Å²) in [5.74, 6) is 0.682. The molecule has 0 saturated carbocycles. The van der Waals surface area contributed by atoms with Crippen LogP contribution in [0.15, 0.2) is 47.4 Å². The second kappa shape index (κ2) is 8.88. The third kappa shape index (κ3) is 5.45. The Morgan fingerprint density at radius 2 is 1.74 bits per heavy atom. The number of methoxy groups -OCH3 is 1. The Bertz CT molecular complexity index is 893. The quantitative estimate of drug-likeness (QED) is 0.720. The minimum atomic E-state index is -3.57. The minimum Gasteiger partial charge on any atom is -0.493 e. The van der Waals surface area contributed by atoms with Crippen LogP contribution in [0.2, 0.25) is 0 Å². The van der Waals surface area contributed by atoms with Gasteiger partial charge in [-0.25, -0.2) is 13.1 Å². The number of ether oxygens (including phenoxy) is 2. The lowest BCUT2D eigenvalue weighted by molar-refractivity contribution is 0.102. The number of carbonyl (C=O) groups excluding carboxylic acids is 1. The normalized spacial score (nSPS) is 11.3. The van der Waals surface area contributed by atoms with Gasteiger partial charge in [0, 0.05) is 17.3 Å². The van der Waals surface area contributed by atoms with E-state index >= 15 is 0 Å². The van der Waals surface area contributed by atoms with E-state index in [2.05, 4.69) is 10.0 Å². The second-order valence-electron chi connectivity index (χ2n) is 6.05. The Kier molecular flexibility index (Phi) is 6.81. The lowest BCUT2D eigenvalue weighted by atomic mass is 10.2. The second-order valence-corrected chi connectivity index (χ2v) is 7.77. The molecule has 2 aromatic rings. The third-order valence-electron chi connectivity index (χ3n) is 3.54. The SMILES string of the molecule is CCOc1ccc(C(=O)Nc2ccc(S(=O)(=O)NC(C)C)cc2)cc1OC. The highest BCUT2D eigenvalue weighted by Gasteiger charge is 2.16. The van der Waals surface area contributed by atoms with Crippen LogP contribution in [0.1, 0.15) is 31.1 Å². The first-order valence-electron chi connectivity index (χ1n) is 8.51. The number of anilines is 1. The van der Waals surface area contributed by atoms with Gasteiger partial charge in [0.25, 0.3) is 5.91 Å². The standard InChI is InChI=1S/C19H24N2O5S/c1-5-26-17-11-6-14(12-18(17)25-4)19(22)20-15-7-9-16(10-8-15)27(23,24)21-13(2)3/h6-13,21H,5H2,1-4H3,(H,20,22). The maximum absolute atomic E-state index is 12.4. The molecule has 8 heteroatoms. The van der Waals surface area contributed by atoms with E-state index < -0.39 is 10.0 Å². The van der Waals surface area contributed by atoms with Crippen molar-refractivity contribution in [1.29, 1.82) is 0 Å². The van der Waals surface area contributed by atoms with Gasteiger partial charge in [0.1, 0.15) is 0 Å². The molecule has 146 valence electrons. The van der Waals surface area contributed by atoms with E-state index in [0.717, 1.165) is 0 Å². The van der Waals surface area contributed by atoms with Crippen molar-refractivity contribution in [3.8, 4) is 11.5 Å². The smallest absolute Gasteiger partial charge is 0.255 e. The predicted octanol–water partition coefficient (Wildman–Crippen LogP) is 3.03. The van der Waals surface area contributed by atoms with Gasteiger partial charge in [0.15, 0.2) is 11.5 Å². The van der Waals surface area contributed by atoms with E-state index in [4.69, 9.17) is 9.47 Å². The molecule has 0 saturated heterocycles. The fourth-order valence-electron chi connectivity index (χ4n) is 2.38. The average molecular weight is 392 g/mol. The van der Waals surface area contributed by atoms with Gasteiger partial charge in [-0.05, 0) is 63.2 Å². The molecule has 0 atom stereocenters. The highest BCUT2D eigenvalue weighted by molar-refractivity contribution is 7.89. The van der Waals surface area contributed by atoms with Crippen molar-refractivity contribution in [2.24, 2.45) is 0 Å². The molecule has 0 unspecified atom stereocenters. The Hall–Kier alpha value is -2.58. The summed E-state index contributed by atoms with van der Waals surface area (Å²) in [6, 6.07) is 10.7. The first-order chi connectivity index (χ1) is 12.8. The van der Waals surface area contributed by atoms with Gasteiger partial charge in [-0.2, -0.15) is 0 Å². The molecule has 0 heterocycles. The first-order valence-corrected chi connectivity index (χ1v) is 9.99. The average Bonchev–Trinajstić information content (AvgIpc) is 2.61. The Morgan fingerprint density at radius 1 is 1.07 bits per heavy atom. The molecule has 27 heavy (non-hydrogen) atoms. The van der Waals surface area contributed by atoms with Crippen molar-refractivity contribution >= 4 is 21.6 Å². The monoisotopic (exact) mass is 392 g/mol. The molecule has 0 spiro atoms. The number of carbonyl (C=O) groups is 1. The Balaban J connectivity index is 2.14. The van der Waals surface area contributed by atoms with Gasteiger partial charge in [0.2, 0.25) is 10.0 Å². The molecular weight excluding hydrogens is 368 g/mol. The first kappa shape index (κ1) is 20.7. The maximum Gasteiger partial charge on any atom is 0.255 e. The molecule has 2 N–H and O–H groups in total. The van der Waals surface area contributed by atoms with Crippen LogP contribution in [0.25, 0.3) is 0 Å². The van der Waals surface area contributed by atoms with Gasteiger partial charge in [0.05, 0.1) is 18.6 Å². The zero-order valence-corrected chi connectivity index (χ0v) is 16.6. The minimum absolute atomic E-state index is 0.136. The molecule has 2 aromatic carbocycles. The van der Waals surface area contributed by atoms with Gasteiger partial charge in [-0.3, -0.25) is 4.79 Å². The molecule has 0 aliphatic rings. The van der Waals surface area contributed by atoms with Gasteiger partial charge in [-0.1, -0.05) is 0 Å². The highest BCUT2D eigenvalue weighted by Crippen LogP contribution is 2.28. The summed E-state index contributed by atoms with van der Waals surface area (Å²) in [7, 11) is -2.07. The van der Waals surface area contributed by atoms with Crippen LogP contribution in [0, 0.1) is 0 Å². The molecule has 1 amide bonds. The predicted molar refractivity (Wildman–Crippen MR) is 104 cm³/mol. The van der Waals surface area contributed by atoms with Crippen LogP contribution in [0.4, 0.5) is 5.69 Å². The fourth-order valence-corrected chi connectivity index (χ4v) is 3.63. The van der Waals surface area contributed by atoms with Crippen molar-refractivity contribution in [3.63, 3.8) is 0 Å². The molecular formula is C19H24N2O5S. The number of benzene rings is 2. The van der Waals surface area contributed by atoms with Crippen LogP contribution in [0.5, 0.6) is 11.5 Å². The summed E-state index contributed by atoms with van der Waals surface area (Å²) < 4.78 is 37.4. The topological polar surface area (TPSA) is 93.7 Å². The summed E-state index contributed by atoms with van der Waals surface area (Å²) in [5, 5.41) is 2.73. The maximum atomic E-state index is 12.4. The number of nitrogens with one attached hydrogen (secondary N) is 2. The highest BCUT2D eigenvalue weighted by atomic mass is 32.2. The number of hydrogen-bond acceptors (Lipinski definition) is 5. The van der Waals surface area contributed by atoms with E-state index in [1.165, 1.54) is 19.2 Å². The van der Waals surface area contributed by atoms with E-state index in [1.54, 1.807) is 44.2 Å². The summed E-state index contributed by atoms with van der Waals surface area (Å²) >= 11 is 0. The summed E-state index contributed by atoms with van der Waals surface area (Å²) in [5.41, 5.74) is 0.879. The summed E-state index contributed by atoms with van der Waals surface area (Å²) in [4.78, 5) is 12.6. The van der Waals surface area contributed by atoms with Crippen LogP contribution >= 0.6 is 0 Å². The molecule has 0 radical (unpaired) electrons. The Labute approximate surface area is 159 Å². The molecule has 0 bridgehead atoms. The van der Waals surface area contributed by atoms with E-state index in [9.17, 15) is 13.2 Å². The number of hydrogen-bond donors (Lipinski definition) is 2. The molecule has 0 aliphatic carbocycles. The van der Waals surface area contributed by atoms with Crippen LogP contribution in [-0.2, 0) is 10.0 Å². The molecule has 0 aliphatic heterocycles. The van der Waals surface area contributed by atoms with Crippen molar-refractivity contribution in [2.75, 3.05) is 19.0 Å². The van der Waals surface area contributed by atoms with Gasteiger partial charge >= 0.3 is 0 Å². The van der Waals surface area contributed by atoms with Crippen molar-refractivity contribution < 1.29 is 22.7 Å². The number of sulfonamides is 1. The summed E-state index contributed by atoms with van der Waals surface area (Å²) in [6.07, 6.45) is 0. The fraction of sp³-hybridized carbons (Fsp3) is 0.316. The van der Waals surface area contributed by atoms with Crippen LogP contribution in [0.3, 0.4) is 0 Å². The number of amides is 1. The number of rotatable bonds is 8. The summed E-state index contributed by atoms with van der Waals surface area (Å²) in [6.45, 7) is 5.85. The molecule has 0 aromatic heterocycles. The van der Waals surface area contributed by atoms with Crippen LogP contribution < -0.4 is 19.5 Å². The largest absolute Gasteiger partial charge is 0.493 e. The molecule has 2 rings (SSSR count). The van der Waals surface area contributed by atoms with Crippen molar-refractivity contribution in [3.05, 3.63) is 48.0 Å². The lowest BCUT2D eigenvalue weighted by Gasteiger charge is -2.12. The van der Waals surface area contributed by atoms with Gasteiger partial charge in [-0.15, -0.1) is 0 Å². The van der Waals surface area contributed by atoms with E-state index in [1.807, 2.05) is 6.92 Å². The Morgan fingerprint density at radius 3 is 2.30 bits per heavy atom. The lowest BCUT2D eigenvalue weighted by Crippen LogP contribution is -2.30. The third-order valence-corrected chi connectivity index (χ3v) is 5.21. The molecule has 7 nitrogen and oxygen atoms in total. The van der Waals surface area contributed by atoms with Crippen molar-refractivity contribution in [2.45, 2.75) is 31.7 Å². The molecule has 0 fully saturated rings.